The van der Waals surface area contributed by atoms with Crippen LogP contribution in [0, 0.1) is 0 Å². The Labute approximate surface area is 127 Å². The molecule has 1 amide bonds. The molecule has 0 radical (unpaired) electrons. The molecule has 0 bridgehead atoms. The zero-order valence-electron chi connectivity index (χ0n) is 11.3. The highest BCUT2D eigenvalue weighted by molar-refractivity contribution is 7.09. The molecule has 4 nitrogen and oxygen atoms in total. The number of nitrogens with zero attached hydrogens (tertiary/aromatic N) is 2. The summed E-state index contributed by atoms with van der Waals surface area (Å²) >= 11 is 7.16. The number of rotatable bonds is 5. The molecule has 0 N–H and O–H groups in total. The molecule has 0 aliphatic carbocycles. The molecule has 0 aliphatic heterocycles. The lowest BCUT2D eigenvalue weighted by molar-refractivity contribution is -0.117. The number of likely N-dealkylation sites (N-methyl/N-ethyl adjacent to an activating group) is 1. The van der Waals surface area contributed by atoms with Gasteiger partial charge < -0.3 is 9.64 Å². The van der Waals surface area contributed by atoms with Crippen molar-refractivity contribution in [3.05, 3.63) is 40.3 Å². The number of anilines is 1. The fourth-order valence-corrected chi connectivity index (χ4v) is 2.70. The smallest absolute Gasteiger partial charge is 0.233 e. The molecule has 0 fully saturated rings. The minimum atomic E-state index is -0.00867. The Morgan fingerprint density at radius 3 is 2.65 bits per heavy atom. The Hall–Kier alpha value is -1.59. The molecular weight excluding hydrogens is 296 g/mol. The van der Waals surface area contributed by atoms with Crippen LogP contribution in [-0.2, 0) is 17.1 Å². The van der Waals surface area contributed by atoms with E-state index < -0.39 is 0 Å². The largest absolute Gasteiger partial charge is 0.497 e. The van der Waals surface area contributed by atoms with E-state index in [9.17, 15) is 4.79 Å². The Morgan fingerprint density at radius 2 is 2.10 bits per heavy atom. The zero-order chi connectivity index (χ0) is 14.5. The topological polar surface area (TPSA) is 42.4 Å². The van der Waals surface area contributed by atoms with E-state index in [2.05, 4.69) is 4.98 Å². The third-order valence-corrected chi connectivity index (χ3v) is 4.04. The third-order valence-electron chi connectivity index (χ3n) is 2.87. The normalized spacial score (nSPS) is 10.3. The molecule has 0 unspecified atom stereocenters. The number of carbonyl (C=O) groups is 1. The SMILES string of the molecule is COc1ccc(N(C)C(=O)Cc2nc(CCl)cs2)cc1. The second-order valence-corrected chi connectivity index (χ2v) is 5.40. The number of hydrogen-bond acceptors (Lipinski definition) is 4. The summed E-state index contributed by atoms with van der Waals surface area (Å²) in [5.41, 5.74) is 1.64. The first-order valence-electron chi connectivity index (χ1n) is 6.04. The first-order valence-corrected chi connectivity index (χ1v) is 7.45. The van der Waals surface area contributed by atoms with Gasteiger partial charge in [0.2, 0.25) is 5.91 Å². The minimum absolute atomic E-state index is 0.00867. The summed E-state index contributed by atoms with van der Waals surface area (Å²) in [5, 5.41) is 2.66. The van der Waals surface area contributed by atoms with Crippen LogP contribution in [0.4, 0.5) is 5.69 Å². The highest BCUT2D eigenvalue weighted by atomic mass is 35.5. The first kappa shape index (κ1) is 14.8. The second-order valence-electron chi connectivity index (χ2n) is 4.19. The Balaban J connectivity index is 2.03. The van der Waals surface area contributed by atoms with Gasteiger partial charge in [-0.1, -0.05) is 0 Å². The summed E-state index contributed by atoms with van der Waals surface area (Å²) in [6, 6.07) is 7.35. The Kier molecular flexibility index (Phi) is 4.98. The quantitative estimate of drug-likeness (QED) is 0.797. The fraction of sp³-hybridized carbons (Fsp3) is 0.286. The summed E-state index contributed by atoms with van der Waals surface area (Å²) in [6.45, 7) is 0. The van der Waals surface area contributed by atoms with E-state index in [0.29, 0.717) is 5.88 Å². The standard InChI is InChI=1S/C14H15ClN2O2S/c1-17(11-3-5-12(19-2)6-4-11)14(18)7-13-16-10(8-15)9-20-13/h3-6,9H,7-8H2,1-2H3. The second kappa shape index (κ2) is 6.72. The van der Waals surface area contributed by atoms with Crippen LogP contribution < -0.4 is 9.64 Å². The van der Waals surface area contributed by atoms with Crippen molar-refractivity contribution < 1.29 is 9.53 Å². The van der Waals surface area contributed by atoms with Crippen LogP contribution in [0.15, 0.2) is 29.6 Å². The van der Waals surface area contributed by atoms with Gasteiger partial charge >= 0.3 is 0 Å². The van der Waals surface area contributed by atoms with Gasteiger partial charge in [0.1, 0.15) is 10.8 Å². The molecule has 0 aliphatic rings. The maximum atomic E-state index is 12.2. The van der Waals surface area contributed by atoms with Crippen molar-refractivity contribution in [3.63, 3.8) is 0 Å². The highest BCUT2D eigenvalue weighted by Gasteiger charge is 2.14. The number of benzene rings is 1. The highest BCUT2D eigenvalue weighted by Crippen LogP contribution is 2.19. The minimum Gasteiger partial charge on any atom is -0.497 e. The molecule has 2 rings (SSSR count). The van der Waals surface area contributed by atoms with Crippen molar-refractivity contribution in [2.24, 2.45) is 0 Å². The number of alkyl halides is 1. The lowest BCUT2D eigenvalue weighted by atomic mass is 10.2. The van der Waals surface area contributed by atoms with Crippen molar-refractivity contribution >= 4 is 34.5 Å². The van der Waals surface area contributed by atoms with Crippen LogP contribution in [0.5, 0.6) is 5.75 Å². The number of aromatic nitrogens is 1. The van der Waals surface area contributed by atoms with E-state index in [1.165, 1.54) is 11.3 Å². The number of hydrogen-bond donors (Lipinski definition) is 0. The van der Waals surface area contributed by atoms with Crippen LogP contribution in [0.1, 0.15) is 10.7 Å². The van der Waals surface area contributed by atoms with Crippen molar-refractivity contribution in [3.8, 4) is 5.75 Å². The molecule has 0 spiro atoms. The van der Waals surface area contributed by atoms with Gasteiger partial charge in [-0.2, -0.15) is 0 Å². The van der Waals surface area contributed by atoms with Gasteiger partial charge in [-0.3, -0.25) is 4.79 Å². The number of carbonyl (C=O) groups excluding carboxylic acids is 1. The molecule has 1 aromatic carbocycles. The van der Waals surface area contributed by atoms with Gasteiger partial charge in [0.05, 0.1) is 25.1 Å². The third kappa shape index (κ3) is 3.49. The molecule has 0 saturated carbocycles. The number of thiazole rings is 1. The van der Waals surface area contributed by atoms with E-state index in [1.807, 2.05) is 29.6 Å². The molecule has 106 valence electrons. The molecule has 1 heterocycles. The molecule has 1 aromatic heterocycles. The van der Waals surface area contributed by atoms with Crippen LogP contribution in [0.3, 0.4) is 0 Å². The van der Waals surface area contributed by atoms with Gasteiger partial charge in [0, 0.05) is 18.1 Å². The monoisotopic (exact) mass is 310 g/mol. The Bertz CT molecular complexity index is 583. The van der Waals surface area contributed by atoms with Crippen molar-refractivity contribution in [1.29, 1.82) is 0 Å². The maximum Gasteiger partial charge on any atom is 0.233 e. The van der Waals surface area contributed by atoms with E-state index in [1.54, 1.807) is 19.1 Å². The summed E-state index contributed by atoms with van der Waals surface area (Å²) < 4.78 is 5.10. The van der Waals surface area contributed by atoms with E-state index in [-0.39, 0.29) is 12.3 Å². The molecule has 0 atom stereocenters. The van der Waals surface area contributed by atoms with Crippen LogP contribution in [0.2, 0.25) is 0 Å². The summed E-state index contributed by atoms with van der Waals surface area (Å²) in [4.78, 5) is 18.1. The lowest BCUT2D eigenvalue weighted by Gasteiger charge is -2.17. The molecule has 20 heavy (non-hydrogen) atoms. The van der Waals surface area contributed by atoms with E-state index in [4.69, 9.17) is 16.3 Å². The number of ether oxygens (including phenoxy) is 1. The lowest BCUT2D eigenvalue weighted by Crippen LogP contribution is -2.27. The van der Waals surface area contributed by atoms with Crippen molar-refractivity contribution in [1.82, 2.24) is 4.98 Å². The van der Waals surface area contributed by atoms with Gasteiger partial charge in [0.15, 0.2) is 0 Å². The van der Waals surface area contributed by atoms with Gasteiger partial charge in [-0.15, -0.1) is 22.9 Å². The molecular formula is C14H15ClN2O2S. The molecule has 2 aromatic rings. The first-order chi connectivity index (χ1) is 9.63. The maximum absolute atomic E-state index is 12.2. The number of amides is 1. The predicted octanol–water partition coefficient (Wildman–Crippen LogP) is 3.10. The fourth-order valence-electron chi connectivity index (χ4n) is 1.69. The molecule has 0 saturated heterocycles. The van der Waals surface area contributed by atoms with E-state index >= 15 is 0 Å². The van der Waals surface area contributed by atoms with Gasteiger partial charge in [0.25, 0.3) is 0 Å². The number of methoxy groups -OCH3 is 1. The molecule has 6 heteroatoms. The summed E-state index contributed by atoms with van der Waals surface area (Å²) in [7, 11) is 3.36. The zero-order valence-corrected chi connectivity index (χ0v) is 12.9. The van der Waals surface area contributed by atoms with Crippen molar-refractivity contribution in [2.75, 3.05) is 19.1 Å². The van der Waals surface area contributed by atoms with Crippen molar-refractivity contribution in [2.45, 2.75) is 12.3 Å². The summed E-state index contributed by atoms with van der Waals surface area (Å²) in [5.74, 6) is 1.13. The van der Waals surface area contributed by atoms with Crippen LogP contribution >= 0.6 is 22.9 Å². The van der Waals surface area contributed by atoms with E-state index in [0.717, 1.165) is 22.1 Å². The average molecular weight is 311 g/mol. The van der Waals surface area contributed by atoms with Gasteiger partial charge in [-0.25, -0.2) is 4.98 Å². The average Bonchev–Trinajstić information content (AvgIpc) is 2.94. The summed E-state index contributed by atoms with van der Waals surface area (Å²) in [6.07, 6.45) is 0.282. The van der Waals surface area contributed by atoms with Crippen LogP contribution in [0.25, 0.3) is 0 Å². The number of halogens is 1. The Morgan fingerprint density at radius 1 is 1.40 bits per heavy atom. The predicted molar refractivity (Wildman–Crippen MR) is 81.8 cm³/mol. The van der Waals surface area contributed by atoms with Crippen LogP contribution in [-0.4, -0.2) is 25.0 Å². The van der Waals surface area contributed by atoms with Gasteiger partial charge in [-0.05, 0) is 24.3 Å².